The van der Waals surface area contributed by atoms with E-state index in [-0.39, 0.29) is 18.1 Å². The van der Waals surface area contributed by atoms with Gasteiger partial charge >= 0.3 is 0 Å². The van der Waals surface area contributed by atoms with Crippen LogP contribution in [0, 0.1) is 6.92 Å². The Morgan fingerprint density at radius 1 is 1.38 bits per heavy atom. The van der Waals surface area contributed by atoms with Crippen molar-refractivity contribution in [3.8, 4) is 5.75 Å². The van der Waals surface area contributed by atoms with Gasteiger partial charge in [0.25, 0.3) is 5.91 Å². The van der Waals surface area contributed by atoms with Crippen molar-refractivity contribution in [2.45, 2.75) is 57.8 Å². The van der Waals surface area contributed by atoms with Gasteiger partial charge in [-0.2, -0.15) is 0 Å². The third-order valence-corrected chi connectivity index (χ3v) is 4.28. The highest BCUT2D eigenvalue weighted by atomic mass is 35.5. The number of aliphatic hydroxyl groups excluding tert-OH is 1. The van der Waals surface area contributed by atoms with Crippen LogP contribution < -0.4 is 10.1 Å². The number of aryl methyl sites for hydroxylation is 1. The first kappa shape index (κ1) is 16.1. The van der Waals surface area contributed by atoms with Gasteiger partial charge in [0.15, 0.2) is 6.10 Å². The average Bonchev–Trinajstić information content (AvgIpc) is 2.45. The van der Waals surface area contributed by atoms with Crippen LogP contribution in [0.3, 0.4) is 0 Å². The van der Waals surface area contributed by atoms with Crippen LogP contribution >= 0.6 is 11.6 Å². The molecule has 0 bridgehead atoms. The zero-order valence-corrected chi connectivity index (χ0v) is 13.2. The van der Waals surface area contributed by atoms with Crippen molar-refractivity contribution in [1.82, 2.24) is 5.32 Å². The quantitative estimate of drug-likeness (QED) is 0.899. The predicted octanol–water partition coefficient (Wildman–Crippen LogP) is 2.84. The molecule has 1 aromatic carbocycles. The van der Waals surface area contributed by atoms with Gasteiger partial charge in [0.2, 0.25) is 0 Å². The number of nitrogens with one attached hydrogen (secondary N) is 1. The van der Waals surface area contributed by atoms with Gasteiger partial charge in [-0.1, -0.05) is 11.6 Å². The highest BCUT2D eigenvalue weighted by Gasteiger charge is 2.23. The van der Waals surface area contributed by atoms with Crippen molar-refractivity contribution in [3.63, 3.8) is 0 Å². The van der Waals surface area contributed by atoms with Gasteiger partial charge in [0, 0.05) is 11.1 Å². The lowest BCUT2D eigenvalue weighted by Gasteiger charge is -2.27. The molecule has 0 heterocycles. The number of hydrogen-bond acceptors (Lipinski definition) is 3. The number of carbonyl (C=O) groups excluding carboxylic acids is 1. The van der Waals surface area contributed by atoms with E-state index in [1.165, 1.54) is 0 Å². The molecule has 1 aromatic rings. The van der Waals surface area contributed by atoms with Gasteiger partial charge in [0.05, 0.1) is 6.10 Å². The van der Waals surface area contributed by atoms with Crippen molar-refractivity contribution >= 4 is 17.5 Å². The first-order valence-electron chi connectivity index (χ1n) is 7.37. The average molecular weight is 312 g/mol. The van der Waals surface area contributed by atoms with Crippen molar-refractivity contribution in [1.29, 1.82) is 0 Å². The molecular formula is C16H22ClNO3. The number of ether oxygens (including phenoxy) is 1. The molecule has 1 fully saturated rings. The third kappa shape index (κ3) is 4.61. The fourth-order valence-corrected chi connectivity index (χ4v) is 2.60. The van der Waals surface area contributed by atoms with Gasteiger partial charge in [-0.05, 0) is 63.3 Å². The van der Waals surface area contributed by atoms with Gasteiger partial charge in [-0.15, -0.1) is 0 Å². The van der Waals surface area contributed by atoms with E-state index in [0.29, 0.717) is 10.8 Å². The van der Waals surface area contributed by atoms with E-state index in [4.69, 9.17) is 16.3 Å². The standard InChI is InChI=1S/C16H22ClNO3/c1-10-9-14(7-8-15(10)17)21-11(2)16(20)18-12-3-5-13(19)6-4-12/h7-9,11-13,19H,3-6H2,1-2H3,(H,18,20). The first-order valence-corrected chi connectivity index (χ1v) is 7.74. The molecule has 2 rings (SSSR count). The van der Waals surface area contributed by atoms with Crippen molar-refractivity contribution in [3.05, 3.63) is 28.8 Å². The summed E-state index contributed by atoms with van der Waals surface area (Å²) in [7, 11) is 0. The maximum atomic E-state index is 12.1. The second kappa shape index (κ2) is 7.14. The summed E-state index contributed by atoms with van der Waals surface area (Å²) in [4.78, 5) is 12.1. The molecule has 0 aliphatic heterocycles. The Morgan fingerprint density at radius 3 is 2.67 bits per heavy atom. The highest BCUT2D eigenvalue weighted by molar-refractivity contribution is 6.31. The minimum absolute atomic E-state index is 0.121. The Morgan fingerprint density at radius 2 is 2.05 bits per heavy atom. The zero-order chi connectivity index (χ0) is 15.4. The molecule has 1 unspecified atom stereocenters. The van der Waals surface area contributed by atoms with Gasteiger partial charge in [-0.3, -0.25) is 4.79 Å². The Bertz CT molecular complexity index is 498. The Hall–Kier alpha value is -1.26. The predicted molar refractivity (Wildman–Crippen MR) is 82.7 cm³/mol. The highest BCUT2D eigenvalue weighted by Crippen LogP contribution is 2.22. The van der Waals surface area contributed by atoms with Crippen LogP contribution in [0.15, 0.2) is 18.2 Å². The van der Waals surface area contributed by atoms with E-state index in [9.17, 15) is 9.90 Å². The summed E-state index contributed by atoms with van der Waals surface area (Å²) >= 11 is 5.97. The van der Waals surface area contributed by atoms with Crippen LogP contribution in [0.5, 0.6) is 5.75 Å². The van der Waals surface area contributed by atoms with Crippen LogP contribution in [0.4, 0.5) is 0 Å². The van der Waals surface area contributed by atoms with E-state index in [1.807, 2.05) is 13.0 Å². The van der Waals surface area contributed by atoms with Crippen LogP contribution in [-0.2, 0) is 4.79 Å². The lowest BCUT2D eigenvalue weighted by atomic mass is 9.93. The number of hydrogen-bond donors (Lipinski definition) is 2. The maximum Gasteiger partial charge on any atom is 0.260 e. The molecule has 0 spiro atoms. The fraction of sp³-hybridized carbons (Fsp3) is 0.562. The molecule has 5 heteroatoms. The van der Waals surface area contributed by atoms with E-state index < -0.39 is 6.10 Å². The summed E-state index contributed by atoms with van der Waals surface area (Å²) in [5.74, 6) is 0.516. The summed E-state index contributed by atoms with van der Waals surface area (Å²) in [5, 5.41) is 13.1. The lowest BCUT2D eigenvalue weighted by Crippen LogP contribution is -2.44. The SMILES string of the molecule is Cc1cc(OC(C)C(=O)NC2CCC(O)CC2)ccc1Cl. The van der Waals surface area contributed by atoms with Crippen LogP contribution in [0.25, 0.3) is 0 Å². The Kier molecular flexibility index (Phi) is 5.48. The van der Waals surface area contributed by atoms with Gasteiger partial charge < -0.3 is 15.2 Å². The summed E-state index contributed by atoms with van der Waals surface area (Å²) in [6.07, 6.45) is 2.35. The molecule has 1 amide bonds. The van der Waals surface area contributed by atoms with Crippen LogP contribution in [0.1, 0.15) is 38.2 Å². The molecule has 21 heavy (non-hydrogen) atoms. The van der Waals surface area contributed by atoms with Crippen molar-refractivity contribution < 1.29 is 14.6 Å². The topological polar surface area (TPSA) is 58.6 Å². The second-order valence-electron chi connectivity index (χ2n) is 5.69. The van der Waals surface area contributed by atoms with Crippen LogP contribution in [-0.4, -0.2) is 29.3 Å². The number of rotatable bonds is 4. The minimum atomic E-state index is -0.558. The molecule has 1 aliphatic carbocycles. The fourth-order valence-electron chi connectivity index (χ4n) is 2.49. The summed E-state index contributed by atoms with van der Waals surface area (Å²) in [5.41, 5.74) is 0.919. The molecule has 116 valence electrons. The van der Waals surface area contributed by atoms with Gasteiger partial charge in [0.1, 0.15) is 5.75 Å². The maximum absolute atomic E-state index is 12.1. The zero-order valence-electron chi connectivity index (χ0n) is 12.4. The van der Waals surface area contributed by atoms with E-state index >= 15 is 0 Å². The van der Waals surface area contributed by atoms with Crippen LogP contribution in [0.2, 0.25) is 5.02 Å². The third-order valence-electron chi connectivity index (χ3n) is 3.85. The lowest BCUT2D eigenvalue weighted by molar-refractivity contribution is -0.128. The molecular weight excluding hydrogens is 290 g/mol. The largest absolute Gasteiger partial charge is 0.481 e. The van der Waals surface area contributed by atoms with Crippen molar-refractivity contribution in [2.75, 3.05) is 0 Å². The first-order chi connectivity index (χ1) is 9.95. The monoisotopic (exact) mass is 311 g/mol. The van der Waals surface area contributed by atoms with E-state index in [0.717, 1.165) is 31.2 Å². The summed E-state index contributed by atoms with van der Waals surface area (Å²) in [6.45, 7) is 3.63. The molecule has 1 aliphatic rings. The van der Waals surface area contributed by atoms with E-state index in [1.54, 1.807) is 19.1 Å². The second-order valence-corrected chi connectivity index (χ2v) is 6.09. The molecule has 2 N–H and O–H groups in total. The molecule has 1 atom stereocenters. The normalized spacial score (nSPS) is 23.4. The summed E-state index contributed by atoms with van der Waals surface area (Å²) < 4.78 is 5.65. The summed E-state index contributed by atoms with van der Waals surface area (Å²) in [6, 6.07) is 5.48. The molecule has 4 nitrogen and oxygen atoms in total. The molecule has 0 saturated heterocycles. The molecule has 0 aromatic heterocycles. The Balaban J connectivity index is 1.86. The number of halogens is 1. The number of aliphatic hydroxyl groups is 1. The Labute approximate surface area is 130 Å². The smallest absolute Gasteiger partial charge is 0.260 e. The van der Waals surface area contributed by atoms with E-state index in [2.05, 4.69) is 5.32 Å². The van der Waals surface area contributed by atoms with Gasteiger partial charge in [-0.25, -0.2) is 0 Å². The molecule has 0 radical (unpaired) electrons. The number of benzene rings is 1. The minimum Gasteiger partial charge on any atom is -0.481 e. The number of carbonyl (C=O) groups is 1. The van der Waals surface area contributed by atoms with Crippen molar-refractivity contribution in [2.24, 2.45) is 0 Å². The molecule has 1 saturated carbocycles. The number of amides is 1.